The van der Waals surface area contributed by atoms with Crippen LogP contribution in [0.5, 0.6) is 0 Å². The first-order valence-electron chi connectivity index (χ1n) is 3.72. The van der Waals surface area contributed by atoms with Gasteiger partial charge < -0.3 is 14.8 Å². The van der Waals surface area contributed by atoms with Crippen LogP contribution in [0.3, 0.4) is 0 Å². The van der Waals surface area contributed by atoms with E-state index in [1.54, 1.807) is 0 Å². The van der Waals surface area contributed by atoms with Crippen LogP contribution >= 0.6 is 11.6 Å². The van der Waals surface area contributed by atoms with Crippen LogP contribution < -0.4 is 5.32 Å². The molecule has 0 heterocycles. The van der Waals surface area contributed by atoms with Gasteiger partial charge in [0, 0.05) is 13.5 Å². The number of rotatable bonds is 6. The minimum absolute atomic E-state index is 0.0635. The van der Waals surface area contributed by atoms with Crippen molar-refractivity contribution in [2.24, 2.45) is 0 Å². The van der Waals surface area contributed by atoms with Crippen molar-refractivity contribution >= 4 is 23.5 Å². The summed E-state index contributed by atoms with van der Waals surface area (Å²) in [6.45, 7) is 2.04. The number of alkyl halides is 1. The molecule has 76 valence electrons. The fraction of sp³-hybridized carbons (Fsp3) is 0.714. The van der Waals surface area contributed by atoms with Gasteiger partial charge in [-0.1, -0.05) is 11.6 Å². The second kappa shape index (κ2) is 7.82. The minimum atomic E-state index is -0.433. The number of esters is 2. The Morgan fingerprint density at radius 2 is 2.08 bits per heavy atom. The van der Waals surface area contributed by atoms with Crippen molar-refractivity contribution in [1.29, 1.82) is 0 Å². The number of ether oxygens (including phenoxy) is 2. The third kappa shape index (κ3) is 9.10. The highest BCUT2D eigenvalue weighted by Gasteiger charge is 2.00. The molecule has 1 N–H and O–H groups in total. The Labute approximate surface area is 81.3 Å². The molecular formula is C7H12ClNO4. The molecule has 0 bridgehead atoms. The summed E-state index contributed by atoms with van der Waals surface area (Å²) in [5.41, 5.74) is 0. The van der Waals surface area contributed by atoms with Gasteiger partial charge in [0.25, 0.3) is 0 Å². The van der Waals surface area contributed by atoms with Crippen molar-refractivity contribution in [3.63, 3.8) is 0 Å². The van der Waals surface area contributed by atoms with Gasteiger partial charge >= 0.3 is 11.9 Å². The van der Waals surface area contributed by atoms with Gasteiger partial charge in [0.1, 0.15) is 6.61 Å². The molecule has 6 heteroatoms. The number of carbonyl (C=O) groups excluding carboxylic acids is 2. The molecule has 13 heavy (non-hydrogen) atoms. The van der Waals surface area contributed by atoms with Crippen molar-refractivity contribution in [1.82, 2.24) is 5.32 Å². The fourth-order valence-corrected chi connectivity index (χ4v) is 0.691. The van der Waals surface area contributed by atoms with Crippen LogP contribution in [0.4, 0.5) is 0 Å². The van der Waals surface area contributed by atoms with Gasteiger partial charge in [0.2, 0.25) is 0 Å². The predicted molar refractivity (Wildman–Crippen MR) is 46.3 cm³/mol. The minimum Gasteiger partial charge on any atom is -0.465 e. The number of hydrogen-bond donors (Lipinski definition) is 1. The zero-order valence-electron chi connectivity index (χ0n) is 7.34. The third-order valence-electron chi connectivity index (χ3n) is 1.07. The normalized spacial score (nSPS) is 9.38. The Bertz CT molecular complexity index is 174. The molecule has 0 fully saturated rings. The lowest BCUT2D eigenvalue weighted by molar-refractivity contribution is -0.140. The summed E-state index contributed by atoms with van der Waals surface area (Å²) >= 11 is 5.14. The molecule has 0 unspecified atom stereocenters. The van der Waals surface area contributed by atoms with Crippen LogP contribution in [-0.4, -0.2) is 37.7 Å². The average molecular weight is 210 g/mol. The molecule has 0 rings (SSSR count). The number of hydrogen-bond acceptors (Lipinski definition) is 5. The van der Waals surface area contributed by atoms with E-state index >= 15 is 0 Å². The maximum Gasteiger partial charge on any atom is 0.321 e. The molecule has 0 aromatic rings. The Kier molecular flexibility index (Phi) is 7.33. The molecule has 0 radical (unpaired) electrons. The molecule has 0 saturated carbocycles. The van der Waals surface area contributed by atoms with Gasteiger partial charge in [0.05, 0.1) is 6.54 Å². The predicted octanol–water partition coefficient (Wildman–Crippen LogP) is -0.121. The highest BCUT2D eigenvalue weighted by molar-refractivity contribution is 6.17. The van der Waals surface area contributed by atoms with E-state index in [1.807, 2.05) is 0 Å². The Morgan fingerprint density at radius 3 is 2.62 bits per heavy atom. The molecular weight excluding hydrogens is 198 g/mol. The van der Waals surface area contributed by atoms with Gasteiger partial charge in [-0.3, -0.25) is 9.59 Å². The number of carbonyl (C=O) groups is 2. The second-order valence-corrected chi connectivity index (χ2v) is 2.36. The smallest absolute Gasteiger partial charge is 0.321 e. The van der Waals surface area contributed by atoms with Gasteiger partial charge in [-0.05, 0) is 0 Å². The maximum absolute atomic E-state index is 10.7. The summed E-state index contributed by atoms with van der Waals surface area (Å²) in [6.07, 6.45) is 0. The summed E-state index contributed by atoms with van der Waals surface area (Å²) in [7, 11) is 0. The molecule has 0 aromatic heterocycles. The summed E-state index contributed by atoms with van der Waals surface area (Å²) in [6, 6.07) is -0.148. The summed E-state index contributed by atoms with van der Waals surface area (Å²) < 4.78 is 9.03. The van der Waals surface area contributed by atoms with Crippen LogP contribution in [0.25, 0.3) is 0 Å². The van der Waals surface area contributed by atoms with E-state index < -0.39 is 5.97 Å². The van der Waals surface area contributed by atoms with Crippen LogP contribution in [0.1, 0.15) is 6.92 Å². The van der Waals surface area contributed by atoms with Crippen LogP contribution in [0, 0.1) is 0 Å². The number of halogens is 1. The first kappa shape index (κ1) is 12.2. The van der Waals surface area contributed by atoms with Gasteiger partial charge in [-0.25, -0.2) is 0 Å². The topological polar surface area (TPSA) is 64.6 Å². The van der Waals surface area contributed by atoms with E-state index in [-0.39, 0.29) is 25.2 Å². The van der Waals surface area contributed by atoms with Crippen molar-refractivity contribution in [3.8, 4) is 0 Å². The van der Waals surface area contributed by atoms with Crippen molar-refractivity contribution in [2.45, 2.75) is 6.92 Å². The van der Waals surface area contributed by atoms with Gasteiger partial charge in [-0.2, -0.15) is 0 Å². The summed E-state index contributed by atoms with van der Waals surface area (Å²) in [4.78, 5) is 20.9. The molecule has 0 spiro atoms. The summed E-state index contributed by atoms with van der Waals surface area (Å²) in [5.74, 6) is -0.775. The quantitative estimate of drug-likeness (QED) is 0.375. The third-order valence-corrected chi connectivity index (χ3v) is 1.18. The molecule has 0 aliphatic heterocycles. The van der Waals surface area contributed by atoms with Crippen LogP contribution in [-0.2, 0) is 19.1 Å². The highest BCUT2D eigenvalue weighted by Crippen LogP contribution is 1.80. The maximum atomic E-state index is 10.7. The molecule has 0 aliphatic rings. The van der Waals surface area contributed by atoms with Crippen LogP contribution in [0.2, 0.25) is 0 Å². The average Bonchev–Trinajstić information content (AvgIpc) is 2.03. The lowest BCUT2D eigenvalue weighted by atomic mass is 10.6. The first-order chi connectivity index (χ1) is 6.16. The monoisotopic (exact) mass is 209 g/mol. The van der Waals surface area contributed by atoms with Crippen LogP contribution in [0.15, 0.2) is 0 Å². The molecule has 0 atom stereocenters. The lowest BCUT2D eigenvalue weighted by Crippen LogP contribution is -2.28. The van der Waals surface area contributed by atoms with E-state index in [0.29, 0.717) is 6.54 Å². The zero-order chi connectivity index (χ0) is 10.1. The molecule has 0 aliphatic carbocycles. The van der Waals surface area contributed by atoms with E-state index in [2.05, 4.69) is 14.8 Å². The molecule has 0 aromatic carbocycles. The Hall–Kier alpha value is -0.810. The largest absolute Gasteiger partial charge is 0.465 e. The molecule has 0 saturated heterocycles. The van der Waals surface area contributed by atoms with E-state index in [0.717, 1.165) is 0 Å². The molecule has 5 nitrogen and oxygen atoms in total. The van der Waals surface area contributed by atoms with Crippen molar-refractivity contribution in [3.05, 3.63) is 0 Å². The van der Waals surface area contributed by atoms with E-state index in [4.69, 9.17) is 11.6 Å². The van der Waals surface area contributed by atoms with Crippen molar-refractivity contribution < 1.29 is 19.1 Å². The first-order valence-corrected chi connectivity index (χ1v) is 4.26. The van der Waals surface area contributed by atoms with E-state index in [9.17, 15) is 9.59 Å². The Morgan fingerprint density at radius 1 is 1.38 bits per heavy atom. The fourth-order valence-electron chi connectivity index (χ4n) is 0.569. The second-order valence-electron chi connectivity index (χ2n) is 2.14. The SMILES string of the molecule is CC(=O)OCCNCC(=O)OCCl. The Balaban J connectivity index is 3.16. The van der Waals surface area contributed by atoms with Crippen molar-refractivity contribution in [2.75, 3.05) is 25.8 Å². The highest BCUT2D eigenvalue weighted by atomic mass is 35.5. The zero-order valence-corrected chi connectivity index (χ0v) is 8.10. The summed E-state index contributed by atoms with van der Waals surface area (Å²) in [5, 5.41) is 2.71. The lowest BCUT2D eigenvalue weighted by Gasteiger charge is -2.03. The number of nitrogens with one attached hydrogen (secondary N) is 1. The molecule has 0 amide bonds. The van der Waals surface area contributed by atoms with E-state index in [1.165, 1.54) is 6.92 Å². The van der Waals surface area contributed by atoms with Gasteiger partial charge in [0.15, 0.2) is 6.07 Å². The standard InChI is InChI=1S/C7H12ClNO4/c1-6(10)12-3-2-9-4-7(11)13-5-8/h9H,2-5H2,1H3. The van der Waals surface area contributed by atoms with Gasteiger partial charge in [-0.15, -0.1) is 0 Å².